The molecule has 3 N–H and O–H groups in total. The predicted octanol–water partition coefficient (Wildman–Crippen LogP) is 1.14. The molecule has 2 fully saturated rings. The molecule has 8 heteroatoms. The van der Waals surface area contributed by atoms with Crippen LogP contribution in [0.4, 0.5) is 4.79 Å². The molecule has 4 rings (SSSR count). The zero-order chi connectivity index (χ0) is 18.3. The lowest BCUT2D eigenvalue weighted by molar-refractivity contribution is -0.141. The van der Waals surface area contributed by atoms with Crippen LogP contribution in [0, 0.1) is 0 Å². The Labute approximate surface area is 164 Å². The number of carbonyl (C=O) groups is 3. The van der Waals surface area contributed by atoms with E-state index in [0.717, 1.165) is 41.7 Å². The molecule has 0 aromatic heterocycles. The summed E-state index contributed by atoms with van der Waals surface area (Å²) in [7, 11) is 0. The number of fused-ring (bicyclic) bond motifs is 2. The van der Waals surface area contributed by atoms with Gasteiger partial charge in [-0.2, -0.15) is 0 Å². The highest BCUT2D eigenvalue weighted by atomic mass is 35.5. The molecule has 0 bridgehead atoms. The molecule has 2 aliphatic heterocycles. The third-order valence-electron chi connectivity index (χ3n) is 5.94. The van der Waals surface area contributed by atoms with Crippen LogP contribution in [0.5, 0.6) is 0 Å². The van der Waals surface area contributed by atoms with Gasteiger partial charge >= 0.3 is 6.03 Å². The summed E-state index contributed by atoms with van der Waals surface area (Å²) < 4.78 is 0. The Morgan fingerprint density at radius 3 is 2.81 bits per heavy atom. The Morgan fingerprint density at radius 1 is 1.26 bits per heavy atom. The largest absolute Gasteiger partial charge is 0.337 e. The van der Waals surface area contributed by atoms with Crippen molar-refractivity contribution in [3.8, 4) is 0 Å². The van der Waals surface area contributed by atoms with Crippen molar-refractivity contribution in [1.82, 2.24) is 15.1 Å². The second-order valence-corrected chi connectivity index (χ2v) is 7.36. The molecule has 2 unspecified atom stereocenters. The van der Waals surface area contributed by atoms with Gasteiger partial charge in [-0.3, -0.25) is 14.5 Å². The molecule has 3 aliphatic rings. The van der Waals surface area contributed by atoms with E-state index >= 15 is 0 Å². The zero-order valence-electron chi connectivity index (χ0n) is 15.1. The van der Waals surface area contributed by atoms with E-state index in [9.17, 15) is 14.4 Å². The number of benzene rings is 1. The number of hydrogen-bond donors (Lipinski definition) is 2. The minimum absolute atomic E-state index is 0. The lowest BCUT2D eigenvalue weighted by Crippen LogP contribution is -2.51. The summed E-state index contributed by atoms with van der Waals surface area (Å²) in [5.74, 6) is -0.519. The lowest BCUT2D eigenvalue weighted by atomic mass is 9.92. The molecular weight excluding hydrogens is 368 g/mol. The van der Waals surface area contributed by atoms with Crippen molar-refractivity contribution in [3.63, 3.8) is 0 Å². The quantitative estimate of drug-likeness (QED) is 0.754. The van der Waals surface area contributed by atoms with Gasteiger partial charge in [0.25, 0.3) is 5.91 Å². The normalized spacial score (nSPS) is 26.8. The molecule has 1 aliphatic carbocycles. The van der Waals surface area contributed by atoms with Gasteiger partial charge in [-0.25, -0.2) is 4.79 Å². The summed E-state index contributed by atoms with van der Waals surface area (Å²) in [5, 5.41) is 2.86. The topological polar surface area (TPSA) is 95.7 Å². The fraction of sp³-hybridized carbons (Fsp3) is 0.526. The van der Waals surface area contributed by atoms with Crippen LogP contribution in [0.25, 0.3) is 0 Å². The van der Waals surface area contributed by atoms with Crippen molar-refractivity contribution in [3.05, 3.63) is 35.4 Å². The van der Waals surface area contributed by atoms with Gasteiger partial charge in [0, 0.05) is 19.1 Å². The molecular formula is C19H25ClN4O3. The van der Waals surface area contributed by atoms with Gasteiger partial charge in [0.05, 0.1) is 0 Å². The molecule has 4 amide bonds. The third kappa shape index (κ3) is 3.08. The molecule has 2 atom stereocenters. The fourth-order valence-corrected chi connectivity index (χ4v) is 4.53. The van der Waals surface area contributed by atoms with Crippen molar-refractivity contribution in [2.24, 2.45) is 5.73 Å². The molecule has 146 valence electrons. The Balaban J connectivity index is 0.00000210. The van der Waals surface area contributed by atoms with Crippen molar-refractivity contribution in [2.45, 2.75) is 43.7 Å². The van der Waals surface area contributed by atoms with E-state index < -0.39 is 11.6 Å². The summed E-state index contributed by atoms with van der Waals surface area (Å²) in [4.78, 5) is 41.2. The first-order chi connectivity index (χ1) is 12.6. The molecule has 7 nitrogen and oxygen atoms in total. The highest BCUT2D eigenvalue weighted by Crippen LogP contribution is 2.41. The Morgan fingerprint density at radius 2 is 2.04 bits per heavy atom. The summed E-state index contributed by atoms with van der Waals surface area (Å²) in [6, 6.07) is 7.19. The summed E-state index contributed by atoms with van der Waals surface area (Å²) >= 11 is 0. The first-order valence-corrected chi connectivity index (χ1v) is 9.29. The second kappa shape index (κ2) is 7.48. The number of nitrogens with zero attached hydrogens (tertiary/aromatic N) is 2. The van der Waals surface area contributed by atoms with Crippen LogP contribution in [-0.2, 0) is 21.5 Å². The van der Waals surface area contributed by atoms with Gasteiger partial charge < -0.3 is 16.0 Å². The number of hydrogen-bond acceptors (Lipinski definition) is 4. The summed E-state index contributed by atoms with van der Waals surface area (Å²) in [6.45, 7) is 0.826. The first kappa shape index (κ1) is 19.6. The third-order valence-corrected chi connectivity index (χ3v) is 5.94. The number of likely N-dealkylation sites (tertiary alicyclic amines) is 1. The summed E-state index contributed by atoms with van der Waals surface area (Å²) in [5.41, 5.74) is 6.71. The number of amides is 4. The van der Waals surface area contributed by atoms with Crippen LogP contribution in [0.1, 0.15) is 36.8 Å². The van der Waals surface area contributed by atoms with E-state index in [0.29, 0.717) is 19.5 Å². The van der Waals surface area contributed by atoms with Crippen LogP contribution in [-0.4, -0.2) is 53.3 Å². The van der Waals surface area contributed by atoms with Crippen molar-refractivity contribution in [1.29, 1.82) is 0 Å². The van der Waals surface area contributed by atoms with Gasteiger partial charge in [-0.05, 0) is 43.2 Å². The molecule has 1 aromatic carbocycles. The van der Waals surface area contributed by atoms with E-state index in [1.54, 1.807) is 4.90 Å². The average Bonchev–Trinajstić information content (AvgIpc) is 3.15. The molecule has 1 aromatic rings. The van der Waals surface area contributed by atoms with E-state index in [1.807, 2.05) is 24.3 Å². The highest BCUT2D eigenvalue weighted by molar-refractivity contribution is 6.09. The first-order valence-electron chi connectivity index (χ1n) is 9.29. The number of rotatable bonds is 3. The Hall–Kier alpha value is -2.12. The molecule has 27 heavy (non-hydrogen) atoms. The average molecular weight is 393 g/mol. The number of nitrogens with two attached hydrogens (primary N) is 1. The van der Waals surface area contributed by atoms with Gasteiger partial charge in [-0.15, -0.1) is 12.4 Å². The van der Waals surface area contributed by atoms with Crippen LogP contribution >= 0.6 is 12.4 Å². The number of aryl methyl sites for hydroxylation is 1. The van der Waals surface area contributed by atoms with Crippen molar-refractivity contribution in [2.75, 3.05) is 19.6 Å². The van der Waals surface area contributed by atoms with Gasteiger partial charge in [-0.1, -0.05) is 24.3 Å². The highest BCUT2D eigenvalue weighted by Gasteiger charge is 2.55. The maximum atomic E-state index is 13.1. The number of carbonyl (C=O) groups excluding carboxylic acids is 3. The van der Waals surface area contributed by atoms with Crippen LogP contribution in [0.3, 0.4) is 0 Å². The number of piperidine rings is 1. The Kier molecular flexibility index (Phi) is 5.44. The van der Waals surface area contributed by atoms with E-state index in [1.165, 1.54) is 0 Å². The number of nitrogens with one attached hydrogen (secondary N) is 1. The molecule has 0 saturated carbocycles. The van der Waals surface area contributed by atoms with Crippen LogP contribution < -0.4 is 11.1 Å². The maximum Gasteiger partial charge on any atom is 0.325 e. The molecule has 2 heterocycles. The lowest BCUT2D eigenvalue weighted by Gasteiger charge is -2.35. The van der Waals surface area contributed by atoms with Gasteiger partial charge in [0.15, 0.2) is 0 Å². The Bertz CT molecular complexity index is 771. The van der Waals surface area contributed by atoms with Gasteiger partial charge in [0.1, 0.15) is 12.1 Å². The molecule has 0 radical (unpaired) electrons. The van der Waals surface area contributed by atoms with E-state index in [4.69, 9.17) is 5.73 Å². The van der Waals surface area contributed by atoms with Crippen LogP contribution in [0.2, 0.25) is 0 Å². The second-order valence-electron chi connectivity index (χ2n) is 7.36. The maximum absolute atomic E-state index is 13.1. The summed E-state index contributed by atoms with van der Waals surface area (Å²) in [6.07, 6.45) is 4.14. The smallest absolute Gasteiger partial charge is 0.325 e. The van der Waals surface area contributed by atoms with Crippen LogP contribution in [0.15, 0.2) is 24.3 Å². The number of halogens is 1. The minimum atomic E-state index is -1.01. The zero-order valence-corrected chi connectivity index (χ0v) is 16.0. The predicted molar refractivity (Wildman–Crippen MR) is 102 cm³/mol. The molecule has 1 spiro atoms. The van der Waals surface area contributed by atoms with Crippen molar-refractivity contribution < 1.29 is 14.4 Å². The minimum Gasteiger partial charge on any atom is -0.337 e. The van der Waals surface area contributed by atoms with E-state index in [2.05, 4.69) is 5.32 Å². The molecule has 2 saturated heterocycles. The van der Waals surface area contributed by atoms with E-state index in [-0.39, 0.29) is 36.8 Å². The van der Waals surface area contributed by atoms with Gasteiger partial charge in [0.2, 0.25) is 5.91 Å². The number of imide groups is 1. The fourth-order valence-electron chi connectivity index (χ4n) is 4.53. The standard InChI is InChI=1S/C19H24N4O3.ClH/c20-11-14-6-3-4-10-22(14)16(24)12-23-17(25)19(21-18(23)26)9-8-13-5-1-2-7-15(13)19;/h1-2,5,7,14H,3-4,6,8-12,20H2,(H,21,26);1H. The van der Waals surface area contributed by atoms with Crippen molar-refractivity contribution >= 4 is 30.3 Å². The number of urea groups is 1. The SMILES string of the molecule is Cl.NCC1CCCCN1C(=O)CN1C(=O)NC2(CCc3ccccc32)C1=O. The monoisotopic (exact) mass is 392 g/mol.